The lowest BCUT2D eigenvalue weighted by molar-refractivity contribution is 0.00511. The van der Waals surface area contributed by atoms with Crippen LogP contribution in [0.1, 0.15) is 82.4 Å². The lowest BCUT2D eigenvalue weighted by Crippen LogP contribution is -2.28. The van der Waals surface area contributed by atoms with E-state index in [-0.39, 0.29) is 30.6 Å². The molecule has 0 radical (unpaired) electrons. The highest BCUT2D eigenvalue weighted by molar-refractivity contribution is 5.97. The summed E-state index contributed by atoms with van der Waals surface area (Å²) in [5, 5.41) is 0. The fraction of sp³-hybridized carbons (Fsp3) is 0.467. The Labute approximate surface area is 220 Å². The quantitative estimate of drug-likeness (QED) is 0.248. The maximum atomic E-state index is 13.4. The molecule has 0 saturated heterocycles. The zero-order valence-corrected chi connectivity index (χ0v) is 23.3. The Morgan fingerprint density at radius 2 is 1.49 bits per heavy atom. The Morgan fingerprint density at radius 3 is 2.05 bits per heavy atom. The first kappa shape index (κ1) is 30.1. The fourth-order valence-corrected chi connectivity index (χ4v) is 3.24. The number of ether oxygens (including phenoxy) is 5. The highest BCUT2D eigenvalue weighted by Gasteiger charge is 2.30. The SMILES string of the molecule is C=C(COCc1ccccc1)c1ccc(COC(C)C)c(C(=O)OC(C)(C)C)c1OC(=O)OC(C)(C)C. The predicted molar refractivity (Wildman–Crippen MR) is 144 cm³/mol. The first-order chi connectivity index (χ1) is 17.2. The van der Waals surface area contributed by atoms with Gasteiger partial charge in [0.2, 0.25) is 0 Å². The van der Waals surface area contributed by atoms with E-state index in [0.29, 0.717) is 23.3 Å². The van der Waals surface area contributed by atoms with E-state index in [1.807, 2.05) is 44.2 Å². The largest absolute Gasteiger partial charge is 0.514 e. The molecule has 0 aliphatic carbocycles. The van der Waals surface area contributed by atoms with Gasteiger partial charge in [-0.15, -0.1) is 0 Å². The average molecular weight is 513 g/mol. The van der Waals surface area contributed by atoms with E-state index in [4.69, 9.17) is 23.7 Å². The average Bonchev–Trinajstić information content (AvgIpc) is 2.75. The third kappa shape index (κ3) is 10.4. The molecule has 0 heterocycles. The molecule has 0 atom stereocenters. The predicted octanol–water partition coefficient (Wildman–Crippen LogP) is 7.11. The molecule has 0 N–H and O–H groups in total. The number of rotatable bonds is 10. The normalized spacial score (nSPS) is 11.8. The Hall–Kier alpha value is -3.16. The van der Waals surface area contributed by atoms with Gasteiger partial charge in [-0.25, -0.2) is 9.59 Å². The van der Waals surface area contributed by atoms with E-state index in [0.717, 1.165) is 5.56 Å². The first-order valence-corrected chi connectivity index (χ1v) is 12.4. The second-order valence-electron chi connectivity index (χ2n) is 11.0. The second kappa shape index (κ2) is 12.9. The van der Waals surface area contributed by atoms with Gasteiger partial charge in [0.15, 0.2) is 5.75 Å². The van der Waals surface area contributed by atoms with Crippen molar-refractivity contribution in [2.24, 2.45) is 0 Å². The molecular formula is C30H40O7. The van der Waals surface area contributed by atoms with E-state index in [1.54, 1.807) is 53.7 Å². The molecular weight excluding hydrogens is 472 g/mol. The maximum absolute atomic E-state index is 13.4. The summed E-state index contributed by atoms with van der Waals surface area (Å²) in [6.45, 7) is 19.1. The third-order valence-electron chi connectivity index (χ3n) is 4.76. The fourth-order valence-electron chi connectivity index (χ4n) is 3.24. The van der Waals surface area contributed by atoms with Crippen LogP contribution in [0.15, 0.2) is 49.0 Å². The number of hydrogen-bond acceptors (Lipinski definition) is 7. The van der Waals surface area contributed by atoms with Crippen LogP contribution >= 0.6 is 0 Å². The van der Waals surface area contributed by atoms with Crippen LogP contribution in [0.3, 0.4) is 0 Å². The summed E-state index contributed by atoms with van der Waals surface area (Å²) in [7, 11) is 0. The molecule has 202 valence electrons. The minimum atomic E-state index is -0.946. The number of carbonyl (C=O) groups is 2. The maximum Gasteiger partial charge on any atom is 0.514 e. The smallest absolute Gasteiger partial charge is 0.456 e. The van der Waals surface area contributed by atoms with Crippen molar-refractivity contribution >= 4 is 17.7 Å². The molecule has 2 aromatic rings. The summed E-state index contributed by atoms with van der Waals surface area (Å²) in [6.07, 6.45) is -1.03. The van der Waals surface area contributed by atoms with Gasteiger partial charge in [-0.1, -0.05) is 49.0 Å². The van der Waals surface area contributed by atoms with Crippen molar-refractivity contribution in [3.05, 3.63) is 71.3 Å². The first-order valence-electron chi connectivity index (χ1n) is 12.4. The van der Waals surface area contributed by atoms with Crippen molar-refractivity contribution in [2.75, 3.05) is 6.61 Å². The number of esters is 1. The van der Waals surface area contributed by atoms with Crippen LogP contribution in [0, 0.1) is 0 Å². The minimum absolute atomic E-state index is 0.00154. The minimum Gasteiger partial charge on any atom is -0.456 e. The molecule has 0 unspecified atom stereocenters. The third-order valence-corrected chi connectivity index (χ3v) is 4.76. The van der Waals surface area contributed by atoms with E-state index in [9.17, 15) is 9.59 Å². The van der Waals surface area contributed by atoms with Gasteiger partial charge in [0, 0.05) is 5.56 Å². The molecule has 37 heavy (non-hydrogen) atoms. The lowest BCUT2D eigenvalue weighted by atomic mass is 9.98. The van der Waals surface area contributed by atoms with Crippen LogP contribution in [0.5, 0.6) is 5.75 Å². The van der Waals surface area contributed by atoms with Gasteiger partial charge in [-0.2, -0.15) is 0 Å². The molecule has 0 amide bonds. The van der Waals surface area contributed by atoms with Gasteiger partial charge in [0.25, 0.3) is 0 Å². The number of hydrogen-bond donors (Lipinski definition) is 0. The van der Waals surface area contributed by atoms with Crippen LogP contribution in [-0.2, 0) is 32.2 Å². The second-order valence-corrected chi connectivity index (χ2v) is 11.0. The molecule has 2 rings (SSSR count). The number of benzene rings is 2. The summed E-state index contributed by atoms with van der Waals surface area (Å²) < 4.78 is 28.4. The van der Waals surface area contributed by atoms with E-state index in [2.05, 4.69) is 6.58 Å². The van der Waals surface area contributed by atoms with Crippen molar-refractivity contribution < 1.29 is 33.3 Å². The summed E-state index contributed by atoms with van der Waals surface area (Å²) in [5.41, 5.74) is 1.01. The Balaban J connectivity index is 2.50. The molecule has 0 aliphatic heterocycles. The highest BCUT2D eigenvalue weighted by Crippen LogP contribution is 2.35. The Morgan fingerprint density at radius 1 is 0.865 bits per heavy atom. The van der Waals surface area contributed by atoms with Crippen LogP contribution in [0.2, 0.25) is 0 Å². The summed E-state index contributed by atoms with van der Waals surface area (Å²) in [6, 6.07) is 13.2. The van der Waals surface area contributed by atoms with Crippen molar-refractivity contribution in [2.45, 2.75) is 85.9 Å². The van der Waals surface area contributed by atoms with Crippen molar-refractivity contribution in [3.8, 4) is 5.75 Å². The van der Waals surface area contributed by atoms with Crippen LogP contribution in [0.25, 0.3) is 5.57 Å². The van der Waals surface area contributed by atoms with Gasteiger partial charge >= 0.3 is 12.1 Å². The van der Waals surface area contributed by atoms with E-state index >= 15 is 0 Å². The van der Waals surface area contributed by atoms with Crippen LogP contribution < -0.4 is 4.74 Å². The molecule has 0 saturated carbocycles. The molecule has 0 aromatic heterocycles. The van der Waals surface area contributed by atoms with E-state index in [1.165, 1.54) is 0 Å². The molecule has 0 spiro atoms. The molecule has 2 aromatic carbocycles. The standard InChI is InChI=1S/C30H40O7/c1-20(2)34-19-23-15-16-24(21(3)17-33-18-22-13-11-10-12-14-22)26(35-28(32)37-30(7,8)9)25(23)27(31)36-29(4,5)6/h10-16,20H,3,17-19H2,1-2,4-9H3. The topological polar surface area (TPSA) is 80.3 Å². The lowest BCUT2D eigenvalue weighted by Gasteiger charge is -2.24. The molecule has 0 fully saturated rings. The van der Waals surface area contributed by atoms with Gasteiger partial charge in [0.05, 0.1) is 25.9 Å². The van der Waals surface area contributed by atoms with Crippen molar-refractivity contribution in [1.82, 2.24) is 0 Å². The van der Waals surface area contributed by atoms with Gasteiger partial charge in [-0.3, -0.25) is 0 Å². The van der Waals surface area contributed by atoms with E-state index < -0.39 is 23.3 Å². The zero-order valence-electron chi connectivity index (χ0n) is 23.3. The molecule has 0 aliphatic rings. The highest BCUT2D eigenvalue weighted by atomic mass is 16.7. The van der Waals surface area contributed by atoms with Gasteiger partial charge < -0.3 is 23.7 Å². The van der Waals surface area contributed by atoms with Crippen LogP contribution in [-0.4, -0.2) is 36.0 Å². The monoisotopic (exact) mass is 512 g/mol. The number of carbonyl (C=O) groups excluding carboxylic acids is 2. The zero-order chi connectivity index (χ0) is 27.8. The Kier molecular flexibility index (Phi) is 10.5. The van der Waals surface area contributed by atoms with Gasteiger partial charge in [0.1, 0.15) is 16.8 Å². The van der Waals surface area contributed by atoms with Crippen molar-refractivity contribution in [3.63, 3.8) is 0 Å². The molecule has 7 heteroatoms. The van der Waals surface area contributed by atoms with Crippen molar-refractivity contribution in [1.29, 1.82) is 0 Å². The Bertz CT molecular complexity index is 1070. The molecule has 7 nitrogen and oxygen atoms in total. The van der Waals surface area contributed by atoms with Crippen LogP contribution in [0.4, 0.5) is 4.79 Å². The summed E-state index contributed by atoms with van der Waals surface area (Å²) in [5.74, 6) is -0.644. The summed E-state index contributed by atoms with van der Waals surface area (Å²) in [4.78, 5) is 26.2. The molecule has 0 bridgehead atoms. The summed E-state index contributed by atoms with van der Waals surface area (Å²) >= 11 is 0. The van der Waals surface area contributed by atoms with Gasteiger partial charge in [-0.05, 0) is 72.1 Å².